The van der Waals surface area contributed by atoms with Crippen molar-refractivity contribution in [3.05, 3.63) is 30.3 Å². The van der Waals surface area contributed by atoms with Crippen molar-refractivity contribution in [1.29, 1.82) is 0 Å². The molecule has 25 heavy (non-hydrogen) atoms. The third-order valence-electron chi connectivity index (χ3n) is 3.94. The molecule has 140 valence electrons. The van der Waals surface area contributed by atoms with Crippen molar-refractivity contribution in [3.8, 4) is 0 Å². The number of amides is 1. The van der Waals surface area contributed by atoms with Crippen LogP contribution >= 0.6 is 0 Å². The molecule has 2 rings (SSSR count). The number of nitrogens with one attached hydrogen (secondary N) is 1. The summed E-state index contributed by atoms with van der Waals surface area (Å²) >= 11 is 0. The second-order valence-electron chi connectivity index (χ2n) is 5.83. The standard InChI is InChI=1S/C15H23N3O5S2/c1-24(20,21)17-10-5-11-18(12-8-15(19)16-9-13-17)25(22,23)14-6-3-2-4-7-14/h2-4,6-7H,5,8-13H2,1H3,(H,16,19). The first-order valence-corrected chi connectivity index (χ1v) is 11.3. The molecule has 1 saturated heterocycles. The minimum absolute atomic E-state index is 0.0327. The van der Waals surface area contributed by atoms with E-state index in [0.717, 1.165) is 6.26 Å². The molecule has 1 aliphatic rings. The number of nitrogens with zero attached hydrogens (tertiary/aromatic N) is 2. The highest BCUT2D eigenvalue weighted by Crippen LogP contribution is 2.16. The highest BCUT2D eigenvalue weighted by atomic mass is 32.2. The van der Waals surface area contributed by atoms with Gasteiger partial charge in [0.2, 0.25) is 26.0 Å². The predicted octanol–water partition coefficient (Wildman–Crippen LogP) is -0.151. The Kier molecular flexibility index (Phi) is 6.55. The molecular formula is C15H23N3O5S2. The van der Waals surface area contributed by atoms with Gasteiger partial charge < -0.3 is 5.32 Å². The third kappa shape index (κ3) is 5.50. The first-order valence-electron chi connectivity index (χ1n) is 7.98. The summed E-state index contributed by atoms with van der Waals surface area (Å²) < 4.78 is 51.7. The van der Waals surface area contributed by atoms with E-state index < -0.39 is 20.0 Å². The molecule has 0 atom stereocenters. The van der Waals surface area contributed by atoms with Crippen LogP contribution in [0.2, 0.25) is 0 Å². The van der Waals surface area contributed by atoms with Crippen molar-refractivity contribution >= 4 is 26.0 Å². The number of hydrogen-bond donors (Lipinski definition) is 1. The molecule has 0 aliphatic carbocycles. The number of hydrogen-bond acceptors (Lipinski definition) is 5. The molecule has 1 aliphatic heterocycles. The fourth-order valence-corrected chi connectivity index (χ4v) is 4.98. The van der Waals surface area contributed by atoms with Crippen LogP contribution < -0.4 is 5.32 Å². The summed E-state index contributed by atoms with van der Waals surface area (Å²) in [4.78, 5) is 12.0. The molecule has 10 heteroatoms. The van der Waals surface area contributed by atoms with Gasteiger partial charge in [-0.3, -0.25) is 4.79 Å². The van der Waals surface area contributed by atoms with Gasteiger partial charge in [-0.15, -0.1) is 0 Å². The zero-order valence-electron chi connectivity index (χ0n) is 14.1. The Balaban J connectivity index is 2.22. The van der Waals surface area contributed by atoms with E-state index in [9.17, 15) is 21.6 Å². The van der Waals surface area contributed by atoms with Gasteiger partial charge in [0.15, 0.2) is 0 Å². The Hall–Kier alpha value is -1.49. The van der Waals surface area contributed by atoms with E-state index in [1.807, 2.05) is 0 Å². The van der Waals surface area contributed by atoms with E-state index in [1.165, 1.54) is 20.7 Å². The van der Waals surface area contributed by atoms with E-state index in [4.69, 9.17) is 0 Å². The summed E-state index contributed by atoms with van der Waals surface area (Å²) in [5, 5.41) is 2.63. The highest BCUT2D eigenvalue weighted by Gasteiger charge is 2.26. The summed E-state index contributed by atoms with van der Waals surface area (Å²) in [6.07, 6.45) is 1.49. The quantitative estimate of drug-likeness (QED) is 0.774. The monoisotopic (exact) mass is 389 g/mol. The maximum atomic E-state index is 12.8. The third-order valence-corrected chi connectivity index (χ3v) is 7.15. The van der Waals surface area contributed by atoms with Crippen molar-refractivity contribution < 1.29 is 21.6 Å². The minimum Gasteiger partial charge on any atom is -0.355 e. The summed E-state index contributed by atoms with van der Waals surface area (Å²) in [6, 6.07) is 8.00. The fraction of sp³-hybridized carbons (Fsp3) is 0.533. The van der Waals surface area contributed by atoms with Crippen LogP contribution in [0.1, 0.15) is 12.8 Å². The molecule has 0 spiro atoms. The molecule has 0 bridgehead atoms. The van der Waals surface area contributed by atoms with Crippen LogP contribution in [0.4, 0.5) is 0 Å². The molecule has 1 N–H and O–H groups in total. The van der Waals surface area contributed by atoms with Crippen LogP contribution in [0.5, 0.6) is 0 Å². The molecule has 1 aromatic rings. The lowest BCUT2D eigenvalue weighted by Crippen LogP contribution is -2.38. The topological polar surface area (TPSA) is 104 Å². The van der Waals surface area contributed by atoms with Crippen LogP contribution in [-0.2, 0) is 24.8 Å². The van der Waals surface area contributed by atoms with E-state index in [2.05, 4.69) is 5.32 Å². The molecule has 1 aromatic carbocycles. The Morgan fingerprint density at radius 1 is 0.920 bits per heavy atom. The molecule has 1 heterocycles. The van der Waals surface area contributed by atoms with Crippen LogP contribution in [0.15, 0.2) is 35.2 Å². The Morgan fingerprint density at radius 3 is 2.20 bits per heavy atom. The highest BCUT2D eigenvalue weighted by molar-refractivity contribution is 7.89. The van der Waals surface area contributed by atoms with Crippen LogP contribution in [-0.4, -0.2) is 70.3 Å². The van der Waals surface area contributed by atoms with E-state index in [-0.39, 0.29) is 49.9 Å². The lowest BCUT2D eigenvalue weighted by Gasteiger charge is -2.23. The summed E-state index contributed by atoms with van der Waals surface area (Å²) in [7, 11) is -7.15. The normalized spacial score (nSPS) is 19.8. The molecule has 0 saturated carbocycles. The van der Waals surface area contributed by atoms with Crippen molar-refractivity contribution in [2.75, 3.05) is 39.0 Å². The second-order valence-corrected chi connectivity index (χ2v) is 9.75. The van der Waals surface area contributed by atoms with Gasteiger partial charge in [0, 0.05) is 39.1 Å². The Bertz CT molecular complexity index is 794. The fourth-order valence-electron chi connectivity index (χ4n) is 2.60. The number of carbonyl (C=O) groups is 1. The number of rotatable bonds is 3. The molecule has 1 amide bonds. The predicted molar refractivity (Wildman–Crippen MR) is 93.9 cm³/mol. The molecule has 0 aromatic heterocycles. The van der Waals surface area contributed by atoms with Gasteiger partial charge in [-0.25, -0.2) is 21.1 Å². The lowest BCUT2D eigenvalue weighted by atomic mass is 10.3. The van der Waals surface area contributed by atoms with Crippen LogP contribution in [0.25, 0.3) is 0 Å². The SMILES string of the molecule is CS(=O)(=O)N1CCCN(S(=O)(=O)c2ccccc2)CCC(=O)NCC1. The smallest absolute Gasteiger partial charge is 0.243 e. The number of benzene rings is 1. The van der Waals surface area contributed by atoms with Gasteiger partial charge in [-0.2, -0.15) is 4.31 Å². The maximum Gasteiger partial charge on any atom is 0.243 e. The van der Waals surface area contributed by atoms with E-state index in [0.29, 0.717) is 6.42 Å². The maximum absolute atomic E-state index is 12.8. The van der Waals surface area contributed by atoms with Gasteiger partial charge >= 0.3 is 0 Å². The van der Waals surface area contributed by atoms with Crippen LogP contribution in [0.3, 0.4) is 0 Å². The van der Waals surface area contributed by atoms with Gasteiger partial charge in [0.25, 0.3) is 0 Å². The molecule has 8 nitrogen and oxygen atoms in total. The zero-order valence-corrected chi connectivity index (χ0v) is 15.7. The minimum atomic E-state index is -3.73. The average Bonchev–Trinajstić information content (AvgIpc) is 2.59. The average molecular weight is 389 g/mol. The molecule has 1 fully saturated rings. The summed E-state index contributed by atoms with van der Waals surface area (Å²) in [5.74, 6) is -0.302. The first kappa shape index (κ1) is 19.8. The number of sulfonamides is 2. The Labute approximate surface area is 148 Å². The van der Waals surface area contributed by atoms with Crippen molar-refractivity contribution in [3.63, 3.8) is 0 Å². The van der Waals surface area contributed by atoms with Gasteiger partial charge in [0.05, 0.1) is 11.2 Å². The molecular weight excluding hydrogens is 366 g/mol. The zero-order chi connectivity index (χ0) is 18.5. The lowest BCUT2D eigenvalue weighted by molar-refractivity contribution is -0.121. The van der Waals surface area contributed by atoms with Crippen molar-refractivity contribution in [2.24, 2.45) is 0 Å². The van der Waals surface area contributed by atoms with Crippen molar-refractivity contribution in [2.45, 2.75) is 17.7 Å². The van der Waals surface area contributed by atoms with Crippen LogP contribution in [0, 0.1) is 0 Å². The van der Waals surface area contributed by atoms with Gasteiger partial charge in [-0.05, 0) is 18.6 Å². The summed E-state index contributed by atoms with van der Waals surface area (Å²) in [6.45, 7) is 0.793. The van der Waals surface area contributed by atoms with E-state index >= 15 is 0 Å². The summed E-state index contributed by atoms with van der Waals surface area (Å²) in [5.41, 5.74) is 0. The Morgan fingerprint density at radius 2 is 1.56 bits per heavy atom. The van der Waals surface area contributed by atoms with Gasteiger partial charge in [-0.1, -0.05) is 18.2 Å². The largest absolute Gasteiger partial charge is 0.355 e. The first-order chi connectivity index (χ1) is 11.7. The van der Waals surface area contributed by atoms with E-state index in [1.54, 1.807) is 18.2 Å². The van der Waals surface area contributed by atoms with Gasteiger partial charge in [0.1, 0.15) is 0 Å². The second kappa shape index (κ2) is 8.26. The van der Waals surface area contributed by atoms with Crippen molar-refractivity contribution in [1.82, 2.24) is 13.9 Å². The molecule has 0 unspecified atom stereocenters. The number of carbonyl (C=O) groups excluding carboxylic acids is 1. The molecule has 0 radical (unpaired) electrons.